The summed E-state index contributed by atoms with van der Waals surface area (Å²) in [6, 6.07) is 4.66. The molecule has 1 aliphatic heterocycles. The number of nitriles is 1. The molecule has 0 spiro atoms. The highest BCUT2D eigenvalue weighted by Crippen LogP contribution is 2.38. The molecule has 0 bridgehead atoms. The van der Waals surface area contributed by atoms with Crippen molar-refractivity contribution in [3.63, 3.8) is 0 Å². The third kappa shape index (κ3) is 4.15. The molecule has 0 amide bonds. The first-order chi connectivity index (χ1) is 15.0. The predicted octanol–water partition coefficient (Wildman–Crippen LogP) is 3.51. The van der Waals surface area contributed by atoms with Crippen molar-refractivity contribution in [1.29, 1.82) is 5.26 Å². The van der Waals surface area contributed by atoms with Gasteiger partial charge in [-0.15, -0.1) is 0 Å². The van der Waals surface area contributed by atoms with Crippen molar-refractivity contribution in [2.45, 2.75) is 56.2 Å². The van der Waals surface area contributed by atoms with Crippen LogP contribution in [0.5, 0.6) is 0 Å². The van der Waals surface area contributed by atoms with E-state index in [-0.39, 0.29) is 6.42 Å². The van der Waals surface area contributed by atoms with Crippen LogP contribution in [0.25, 0.3) is 11.0 Å². The lowest BCUT2D eigenvalue weighted by Gasteiger charge is -2.43. The van der Waals surface area contributed by atoms with Crippen LogP contribution >= 0.6 is 0 Å². The molecular weight excluding hydrogens is 412 g/mol. The number of hydrogen-bond donors (Lipinski definition) is 1. The second kappa shape index (κ2) is 9.13. The summed E-state index contributed by atoms with van der Waals surface area (Å²) in [6.45, 7) is 3.42. The number of nitrogens with one attached hydrogen (secondary N) is 1. The van der Waals surface area contributed by atoms with E-state index in [1.54, 1.807) is 6.33 Å². The van der Waals surface area contributed by atoms with Crippen LogP contribution in [-0.2, 0) is 14.5 Å². The van der Waals surface area contributed by atoms with E-state index in [1.807, 2.05) is 19.2 Å². The summed E-state index contributed by atoms with van der Waals surface area (Å²) >= 11 is 0. The van der Waals surface area contributed by atoms with E-state index in [4.69, 9.17) is 4.74 Å². The Morgan fingerprint density at radius 2 is 2.13 bits per heavy atom. The van der Waals surface area contributed by atoms with Crippen LogP contribution in [0.2, 0.25) is 0 Å². The van der Waals surface area contributed by atoms with Crippen molar-refractivity contribution in [3.8, 4) is 6.07 Å². The second-order valence-electron chi connectivity index (χ2n) is 8.89. The Bertz CT molecular complexity index is 1060. The lowest BCUT2D eigenvalue weighted by Crippen LogP contribution is -2.57. The SMILES string of the molecule is CCCN=S(=O)(CC1CCC(N(C)c2ncnc3[nH]ccc23)CC1)C1(CC#N)COC1. The molecule has 1 saturated carbocycles. The maximum Gasteiger partial charge on any atom is 0.142 e. The maximum absolute atomic E-state index is 14.0. The van der Waals surface area contributed by atoms with Crippen molar-refractivity contribution in [1.82, 2.24) is 15.0 Å². The van der Waals surface area contributed by atoms with Crippen molar-refractivity contribution in [2.75, 3.05) is 37.5 Å². The highest BCUT2D eigenvalue weighted by molar-refractivity contribution is 7.95. The first-order valence-electron chi connectivity index (χ1n) is 11.2. The third-order valence-corrected chi connectivity index (χ3v) is 10.1. The number of rotatable bonds is 8. The van der Waals surface area contributed by atoms with Gasteiger partial charge in [-0.05, 0) is 44.1 Å². The van der Waals surface area contributed by atoms with Gasteiger partial charge in [-0.3, -0.25) is 0 Å². The van der Waals surface area contributed by atoms with Crippen molar-refractivity contribution in [2.24, 2.45) is 10.3 Å². The van der Waals surface area contributed by atoms with Gasteiger partial charge in [0.25, 0.3) is 0 Å². The Hall–Kier alpha value is -2.18. The van der Waals surface area contributed by atoms with E-state index >= 15 is 0 Å². The van der Waals surface area contributed by atoms with Gasteiger partial charge in [-0.2, -0.15) is 5.26 Å². The molecule has 4 rings (SSSR count). The van der Waals surface area contributed by atoms with Crippen LogP contribution in [0.1, 0.15) is 45.4 Å². The first kappa shape index (κ1) is 22.0. The zero-order valence-corrected chi connectivity index (χ0v) is 19.2. The summed E-state index contributed by atoms with van der Waals surface area (Å²) in [6.07, 6.45) is 8.71. The lowest BCUT2D eigenvalue weighted by molar-refractivity contribution is -0.0100. The summed E-state index contributed by atoms with van der Waals surface area (Å²) in [5.41, 5.74) is 0.855. The molecule has 2 aromatic heterocycles. The molecule has 2 fully saturated rings. The highest BCUT2D eigenvalue weighted by Gasteiger charge is 2.49. The minimum Gasteiger partial charge on any atom is -0.378 e. The largest absolute Gasteiger partial charge is 0.378 e. The normalized spacial score (nSPS) is 24.7. The van der Waals surface area contributed by atoms with Crippen molar-refractivity contribution < 1.29 is 8.95 Å². The number of fused-ring (bicyclic) bond motifs is 1. The molecule has 31 heavy (non-hydrogen) atoms. The second-order valence-corrected chi connectivity index (χ2v) is 11.6. The molecule has 1 unspecified atom stereocenters. The fourth-order valence-corrected chi connectivity index (χ4v) is 7.82. The van der Waals surface area contributed by atoms with Gasteiger partial charge < -0.3 is 14.6 Å². The quantitative estimate of drug-likeness (QED) is 0.667. The van der Waals surface area contributed by atoms with Gasteiger partial charge in [-0.1, -0.05) is 6.92 Å². The number of ether oxygens (including phenoxy) is 1. The van der Waals surface area contributed by atoms with E-state index in [1.165, 1.54) is 0 Å². The summed E-state index contributed by atoms with van der Waals surface area (Å²) in [5, 5.41) is 10.4. The summed E-state index contributed by atoms with van der Waals surface area (Å²) in [4.78, 5) is 14.2. The molecule has 2 aliphatic rings. The van der Waals surface area contributed by atoms with Crippen LogP contribution in [0.3, 0.4) is 0 Å². The number of hydrogen-bond acceptors (Lipinski definition) is 7. The average molecular weight is 445 g/mol. The minimum absolute atomic E-state index is 0.261. The van der Waals surface area contributed by atoms with Crippen molar-refractivity contribution in [3.05, 3.63) is 18.6 Å². The Kier molecular flexibility index (Phi) is 6.49. The Morgan fingerprint density at radius 3 is 2.77 bits per heavy atom. The molecule has 1 saturated heterocycles. The number of nitrogens with zero attached hydrogens (tertiary/aromatic N) is 5. The zero-order valence-electron chi connectivity index (χ0n) is 18.4. The van der Waals surface area contributed by atoms with Gasteiger partial charge >= 0.3 is 0 Å². The van der Waals surface area contributed by atoms with E-state index in [2.05, 4.69) is 37.3 Å². The fourth-order valence-electron chi connectivity index (χ4n) is 4.81. The zero-order chi connectivity index (χ0) is 21.9. The number of aromatic nitrogens is 3. The van der Waals surface area contributed by atoms with E-state index in [0.29, 0.717) is 37.5 Å². The van der Waals surface area contributed by atoms with Crippen molar-refractivity contribution >= 4 is 26.6 Å². The molecular formula is C22H32N6O2S. The molecule has 1 N–H and O–H groups in total. The standard InChI is InChI=1S/C22H32N6O2S/c1-3-11-27-31(29,22(9-10-23)14-30-15-22)13-17-4-6-18(7-5-17)28(2)21-19-8-12-24-20(19)25-16-26-21/h8,12,16-18H,3-7,9,11,13-15H2,1-2H3,(H,24,25,26). The van der Waals surface area contributed by atoms with Crippen LogP contribution in [0, 0.1) is 17.2 Å². The van der Waals surface area contributed by atoms with Crippen LogP contribution in [0.4, 0.5) is 5.82 Å². The lowest BCUT2D eigenvalue weighted by atomic mass is 9.86. The summed E-state index contributed by atoms with van der Waals surface area (Å²) < 4.78 is 23.6. The Labute approximate surface area is 184 Å². The first-order valence-corrected chi connectivity index (χ1v) is 12.9. The molecule has 9 heteroatoms. The smallest absolute Gasteiger partial charge is 0.142 e. The monoisotopic (exact) mass is 444 g/mol. The highest BCUT2D eigenvalue weighted by atomic mass is 32.2. The topological polar surface area (TPSA) is 107 Å². The van der Waals surface area contributed by atoms with Gasteiger partial charge in [0, 0.05) is 31.6 Å². The summed E-state index contributed by atoms with van der Waals surface area (Å²) in [5.74, 6) is 1.91. The van der Waals surface area contributed by atoms with Crippen LogP contribution in [-0.4, -0.2) is 62.5 Å². The van der Waals surface area contributed by atoms with Gasteiger partial charge in [-0.25, -0.2) is 18.5 Å². The van der Waals surface area contributed by atoms with E-state index in [9.17, 15) is 9.47 Å². The van der Waals surface area contributed by atoms with E-state index in [0.717, 1.165) is 49.0 Å². The van der Waals surface area contributed by atoms with E-state index < -0.39 is 14.5 Å². The molecule has 1 atom stereocenters. The van der Waals surface area contributed by atoms with Gasteiger partial charge in [0.15, 0.2) is 0 Å². The number of H-pyrrole nitrogens is 1. The molecule has 1 aliphatic carbocycles. The number of anilines is 1. The van der Waals surface area contributed by atoms with Gasteiger partial charge in [0.2, 0.25) is 0 Å². The molecule has 2 aromatic rings. The van der Waals surface area contributed by atoms with Crippen LogP contribution in [0.15, 0.2) is 23.0 Å². The summed E-state index contributed by atoms with van der Waals surface area (Å²) in [7, 11) is -0.384. The molecule has 168 valence electrons. The third-order valence-electron chi connectivity index (χ3n) is 6.82. The van der Waals surface area contributed by atoms with Crippen LogP contribution < -0.4 is 4.90 Å². The Morgan fingerprint density at radius 1 is 1.35 bits per heavy atom. The molecule has 3 heterocycles. The predicted molar refractivity (Wildman–Crippen MR) is 122 cm³/mol. The molecule has 0 aromatic carbocycles. The number of aromatic amines is 1. The van der Waals surface area contributed by atoms with Gasteiger partial charge in [0.05, 0.1) is 40.8 Å². The fraction of sp³-hybridized carbons (Fsp3) is 0.682. The molecule has 0 radical (unpaired) electrons. The minimum atomic E-state index is -2.49. The average Bonchev–Trinajstić information content (AvgIpc) is 3.24. The Balaban J connectivity index is 1.45. The molecule has 8 nitrogen and oxygen atoms in total. The maximum atomic E-state index is 14.0. The van der Waals surface area contributed by atoms with Gasteiger partial charge in [0.1, 0.15) is 22.5 Å².